The van der Waals surface area contributed by atoms with Crippen molar-refractivity contribution in [1.82, 2.24) is 0 Å². The van der Waals surface area contributed by atoms with E-state index in [1.807, 2.05) is 18.2 Å². The molecule has 2 aromatic rings. The van der Waals surface area contributed by atoms with Crippen LogP contribution >= 0.6 is 0 Å². The Balaban J connectivity index is 0.000000262. The van der Waals surface area contributed by atoms with Crippen molar-refractivity contribution in [1.29, 1.82) is 0 Å². The van der Waals surface area contributed by atoms with Crippen LogP contribution in [0.1, 0.15) is 5.56 Å². The van der Waals surface area contributed by atoms with Crippen molar-refractivity contribution in [3.8, 4) is 0 Å². The van der Waals surface area contributed by atoms with Crippen molar-refractivity contribution in [2.24, 2.45) is 0 Å². The summed E-state index contributed by atoms with van der Waals surface area (Å²) in [6, 6.07) is 13.8. The zero-order chi connectivity index (χ0) is 16.1. The van der Waals surface area contributed by atoms with Gasteiger partial charge in [0.15, 0.2) is 0 Å². The summed E-state index contributed by atoms with van der Waals surface area (Å²) in [4.78, 5) is -0.880. The summed E-state index contributed by atoms with van der Waals surface area (Å²) >= 11 is 0. The van der Waals surface area contributed by atoms with E-state index in [1.54, 1.807) is 0 Å². The van der Waals surface area contributed by atoms with Crippen molar-refractivity contribution in [3.05, 3.63) is 60.2 Å². The van der Waals surface area contributed by atoms with Crippen LogP contribution in [-0.4, -0.2) is 25.9 Å². The van der Waals surface area contributed by atoms with Crippen molar-refractivity contribution in [3.63, 3.8) is 0 Å². The van der Waals surface area contributed by atoms with Crippen molar-refractivity contribution < 1.29 is 25.9 Å². The number of hydrogen-bond donors (Lipinski definition) is 2. The standard InChI is InChI=1S/C7H8.C6H6O6S2/c1-7-5-3-2-4-6-7;7-13(8,9)5-1-2-6(4-3-5)14(10,11)12/h2-6H,1H3;1-4H,(H,7,8,9)(H,10,11,12). The average molecular weight is 330 g/mol. The van der Waals surface area contributed by atoms with Gasteiger partial charge in [0.25, 0.3) is 20.2 Å². The molecule has 2 aromatic carbocycles. The molecule has 0 aromatic heterocycles. The Bertz CT molecular complexity index is 727. The lowest BCUT2D eigenvalue weighted by molar-refractivity contribution is 0.478. The molecule has 0 saturated carbocycles. The van der Waals surface area contributed by atoms with Gasteiger partial charge < -0.3 is 0 Å². The molecule has 0 aliphatic carbocycles. The molecule has 2 rings (SSSR count). The molecular weight excluding hydrogens is 316 g/mol. The van der Waals surface area contributed by atoms with E-state index in [-0.39, 0.29) is 0 Å². The third-order valence-electron chi connectivity index (χ3n) is 2.36. The van der Waals surface area contributed by atoms with E-state index in [4.69, 9.17) is 9.11 Å². The van der Waals surface area contributed by atoms with Crippen LogP contribution in [0.5, 0.6) is 0 Å². The fourth-order valence-electron chi connectivity index (χ4n) is 1.32. The van der Waals surface area contributed by atoms with E-state index in [9.17, 15) is 16.8 Å². The third-order valence-corrected chi connectivity index (χ3v) is 4.10. The second-order valence-electron chi connectivity index (χ2n) is 4.08. The summed E-state index contributed by atoms with van der Waals surface area (Å²) < 4.78 is 59.2. The van der Waals surface area contributed by atoms with Gasteiger partial charge in [-0.15, -0.1) is 0 Å². The maximum Gasteiger partial charge on any atom is 0.294 e. The predicted octanol–water partition coefficient (Wildman–Crippen LogP) is 2.18. The fraction of sp³-hybridized carbons (Fsp3) is 0.0769. The highest BCUT2D eigenvalue weighted by molar-refractivity contribution is 7.86. The topological polar surface area (TPSA) is 109 Å². The molecule has 0 radical (unpaired) electrons. The maximum atomic E-state index is 10.5. The molecule has 0 heterocycles. The molecule has 0 amide bonds. The Morgan fingerprint density at radius 2 is 1.00 bits per heavy atom. The molecule has 8 heteroatoms. The van der Waals surface area contributed by atoms with Crippen LogP contribution in [0.4, 0.5) is 0 Å². The Morgan fingerprint density at radius 1 is 0.667 bits per heavy atom. The highest BCUT2D eigenvalue weighted by Crippen LogP contribution is 2.13. The Hall–Kier alpha value is -1.74. The summed E-state index contributed by atoms with van der Waals surface area (Å²) in [5.41, 5.74) is 1.32. The van der Waals surface area contributed by atoms with Crippen LogP contribution in [0.15, 0.2) is 64.4 Å². The van der Waals surface area contributed by atoms with Gasteiger partial charge in [0.2, 0.25) is 0 Å². The molecule has 2 N–H and O–H groups in total. The van der Waals surface area contributed by atoms with Gasteiger partial charge in [-0.3, -0.25) is 9.11 Å². The SMILES string of the molecule is Cc1ccccc1.O=S(=O)(O)c1ccc(S(=O)(=O)O)cc1. The number of hydrogen-bond acceptors (Lipinski definition) is 4. The van der Waals surface area contributed by atoms with Crippen molar-refractivity contribution in [2.75, 3.05) is 0 Å². The second kappa shape index (κ2) is 6.81. The first-order chi connectivity index (χ1) is 9.60. The van der Waals surface area contributed by atoms with Crippen LogP contribution in [0.3, 0.4) is 0 Å². The number of rotatable bonds is 2. The Morgan fingerprint density at radius 3 is 1.19 bits per heavy atom. The first kappa shape index (κ1) is 17.3. The molecule has 0 aliphatic rings. The molecule has 21 heavy (non-hydrogen) atoms. The Labute approximate surface area is 123 Å². The highest BCUT2D eigenvalue weighted by Gasteiger charge is 2.13. The fourth-order valence-corrected chi connectivity index (χ4v) is 2.28. The predicted molar refractivity (Wildman–Crippen MR) is 77.3 cm³/mol. The monoisotopic (exact) mass is 330 g/mol. The van der Waals surface area contributed by atoms with E-state index in [0.717, 1.165) is 24.3 Å². The normalized spacial score (nSPS) is 11.4. The van der Waals surface area contributed by atoms with Gasteiger partial charge in [-0.2, -0.15) is 16.8 Å². The smallest absolute Gasteiger partial charge is 0.282 e. The largest absolute Gasteiger partial charge is 0.294 e. The van der Waals surface area contributed by atoms with Gasteiger partial charge in [-0.1, -0.05) is 35.9 Å². The summed E-state index contributed by atoms with van der Waals surface area (Å²) in [6.45, 7) is 2.08. The van der Waals surface area contributed by atoms with Gasteiger partial charge >= 0.3 is 0 Å². The first-order valence-electron chi connectivity index (χ1n) is 5.67. The first-order valence-corrected chi connectivity index (χ1v) is 8.55. The van der Waals surface area contributed by atoms with Crippen LogP contribution in [0, 0.1) is 6.92 Å². The molecule has 0 fully saturated rings. The van der Waals surface area contributed by atoms with Gasteiger partial charge in [-0.05, 0) is 31.2 Å². The van der Waals surface area contributed by atoms with Gasteiger partial charge in [0.05, 0.1) is 9.79 Å². The van der Waals surface area contributed by atoms with Crippen molar-refractivity contribution >= 4 is 20.2 Å². The minimum absolute atomic E-state index is 0.440. The maximum absolute atomic E-state index is 10.5. The molecule has 0 saturated heterocycles. The number of benzene rings is 2. The molecule has 0 spiro atoms. The van der Waals surface area contributed by atoms with E-state index in [2.05, 4.69) is 19.1 Å². The third kappa shape index (κ3) is 6.05. The van der Waals surface area contributed by atoms with Crippen LogP contribution in [-0.2, 0) is 20.2 Å². The summed E-state index contributed by atoms with van der Waals surface area (Å²) in [5, 5.41) is 0. The summed E-state index contributed by atoms with van der Waals surface area (Å²) in [6.07, 6.45) is 0. The zero-order valence-electron chi connectivity index (χ0n) is 11.0. The van der Waals surface area contributed by atoms with Gasteiger partial charge in [0.1, 0.15) is 0 Å². The molecule has 0 unspecified atom stereocenters. The van der Waals surface area contributed by atoms with Crippen LogP contribution < -0.4 is 0 Å². The average Bonchev–Trinajstić information content (AvgIpc) is 2.38. The molecule has 0 bridgehead atoms. The minimum Gasteiger partial charge on any atom is -0.282 e. The van der Waals surface area contributed by atoms with Crippen LogP contribution in [0.2, 0.25) is 0 Å². The summed E-state index contributed by atoms with van der Waals surface area (Å²) in [5.74, 6) is 0. The van der Waals surface area contributed by atoms with Crippen LogP contribution in [0.25, 0.3) is 0 Å². The molecule has 0 atom stereocenters. The van der Waals surface area contributed by atoms with Gasteiger partial charge in [0, 0.05) is 0 Å². The van der Waals surface area contributed by atoms with E-state index in [1.165, 1.54) is 5.56 Å². The molecular formula is C13H14O6S2. The lowest BCUT2D eigenvalue weighted by Gasteiger charge is -1.98. The second-order valence-corrected chi connectivity index (χ2v) is 6.92. The van der Waals surface area contributed by atoms with Gasteiger partial charge in [-0.25, -0.2) is 0 Å². The molecule has 6 nitrogen and oxygen atoms in total. The lowest BCUT2D eigenvalue weighted by Crippen LogP contribution is -2.01. The lowest BCUT2D eigenvalue weighted by atomic mass is 10.2. The minimum atomic E-state index is -4.34. The van der Waals surface area contributed by atoms with E-state index >= 15 is 0 Å². The van der Waals surface area contributed by atoms with Crippen molar-refractivity contribution in [2.45, 2.75) is 16.7 Å². The summed E-state index contributed by atoms with van der Waals surface area (Å²) in [7, 11) is -8.68. The number of aryl methyl sites for hydroxylation is 1. The zero-order valence-corrected chi connectivity index (χ0v) is 12.7. The van der Waals surface area contributed by atoms with E-state index < -0.39 is 30.0 Å². The quantitative estimate of drug-likeness (QED) is 0.817. The molecule has 0 aliphatic heterocycles. The highest BCUT2D eigenvalue weighted by atomic mass is 32.2. The Kier molecular flexibility index (Phi) is 5.62. The van der Waals surface area contributed by atoms with E-state index in [0.29, 0.717) is 0 Å². The molecule has 114 valence electrons.